The molecule has 2 rings (SSSR count). The zero-order chi connectivity index (χ0) is 13.0. The molecule has 1 aromatic rings. The molecule has 0 amide bonds. The first-order chi connectivity index (χ1) is 8.72. The van der Waals surface area contributed by atoms with E-state index in [4.69, 9.17) is 4.74 Å². The molecule has 100 valence electrons. The van der Waals surface area contributed by atoms with Gasteiger partial charge in [0, 0.05) is 17.8 Å². The van der Waals surface area contributed by atoms with Gasteiger partial charge in [-0.25, -0.2) is 4.98 Å². The molecule has 0 saturated carbocycles. The van der Waals surface area contributed by atoms with Gasteiger partial charge in [-0.05, 0) is 52.3 Å². The number of hydrogen-bond donors (Lipinski definition) is 0. The zero-order valence-electron chi connectivity index (χ0n) is 11.7. The Morgan fingerprint density at radius 3 is 3.06 bits per heavy atom. The lowest BCUT2D eigenvalue weighted by Gasteiger charge is -2.25. The predicted molar refractivity (Wildman–Crippen MR) is 73.8 cm³/mol. The van der Waals surface area contributed by atoms with Crippen LogP contribution in [-0.2, 0) is 0 Å². The fraction of sp³-hybridized carbons (Fsp3) is 0.667. The summed E-state index contributed by atoms with van der Waals surface area (Å²) in [7, 11) is 0. The molecule has 1 aliphatic rings. The van der Waals surface area contributed by atoms with Crippen LogP contribution in [0.4, 0.5) is 0 Å². The van der Waals surface area contributed by atoms with Crippen LogP contribution < -0.4 is 4.74 Å². The first-order valence-corrected chi connectivity index (χ1v) is 7.08. The van der Waals surface area contributed by atoms with Crippen molar-refractivity contribution < 1.29 is 4.74 Å². The number of aromatic nitrogens is 1. The van der Waals surface area contributed by atoms with E-state index in [-0.39, 0.29) is 6.10 Å². The van der Waals surface area contributed by atoms with Crippen molar-refractivity contribution in [3.8, 4) is 5.88 Å². The van der Waals surface area contributed by atoms with Crippen LogP contribution in [-0.4, -0.2) is 29.1 Å². The molecule has 1 unspecified atom stereocenters. The summed E-state index contributed by atoms with van der Waals surface area (Å²) in [5.74, 6) is 0.820. The summed E-state index contributed by atoms with van der Waals surface area (Å²) in [4.78, 5) is 6.97. The highest BCUT2D eigenvalue weighted by Gasteiger charge is 2.28. The Labute approximate surface area is 110 Å². The number of hydrogen-bond acceptors (Lipinski definition) is 3. The van der Waals surface area contributed by atoms with Crippen molar-refractivity contribution >= 4 is 0 Å². The summed E-state index contributed by atoms with van der Waals surface area (Å²) in [5.41, 5.74) is 1.26. The van der Waals surface area contributed by atoms with Crippen molar-refractivity contribution in [2.45, 2.75) is 52.2 Å². The molecule has 3 heteroatoms. The van der Waals surface area contributed by atoms with Crippen LogP contribution in [0.25, 0.3) is 0 Å². The van der Waals surface area contributed by atoms with E-state index in [1.165, 1.54) is 37.9 Å². The van der Waals surface area contributed by atoms with Crippen LogP contribution in [0.5, 0.6) is 5.88 Å². The van der Waals surface area contributed by atoms with E-state index in [0.717, 1.165) is 5.88 Å². The van der Waals surface area contributed by atoms with Gasteiger partial charge >= 0.3 is 0 Å². The van der Waals surface area contributed by atoms with Crippen LogP contribution in [0.3, 0.4) is 0 Å². The van der Waals surface area contributed by atoms with Gasteiger partial charge in [-0.3, -0.25) is 4.90 Å². The Morgan fingerprint density at radius 2 is 2.33 bits per heavy atom. The summed E-state index contributed by atoms with van der Waals surface area (Å²) in [6.45, 7) is 8.72. The van der Waals surface area contributed by atoms with Crippen molar-refractivity contribution in [3.05, 3.63) is 23.9 Å². The maximum Gasteiger partial charge on any atom is 0.218 e. The minimum absolute atomic E-state index is 0.180. The van der Waals surface area contributed by atoms with Crippen molar-refractivity contribution in [1.29, 1.82) is 0 Å². The van der Waals surface area contributed by atoms with Gasteiger partial charge in [-0.1, -0.05) is 13.0 Å². The molecule has 1 aliphatic heterocycles. The van der Waals surface area contributed by atoms with Crippen LogP contribution >= 0.6 is 0 Å². The summed E-state index contributed by atoms with van der Waals surface area (Å²) in [6.07, 6.45) is 5.71. The molecule has 3 nitrogen and oxygen atoms in total. The molecule has 1 aromatic heterocycles. The van der Waals surface area contributed by atoms with Crippen molar-refractivity contribution in [3.63, 3.8) is 0 Å². The van der Waals surface area contributed by atoms with Crippen LogP contribution in [0.1, 0.15) is 51.6 Å². The van der Waals surface area contributed by atoms with E-state index in [0.29, 0.717) is 6.04 Å². The van der Waals surface area contributed by atoms with E-state index in [9.17, 15) is 0 Å². The SMILES string of the molecule is CCCN1CCCC1c1cccnc1OC(C)C. The first-order valence-electron chi connectivity index (χ1n) is 7.08. The molecular formula is C15H24N2O. The quantitative estimate of drug-likeness (QED) is 0.798. The third-order valence-electron chi connectivity index (χ3n) is 3.38. The number of rotatable bonds is 5. The molecule has 0 aliphatic carbocycles. The summed E-state index contributed by atoms with van der Waals surface area (Å²) in [6, 6.07) is 4.68. The van der Waals surface area contributed by atoms with E-state index in [1.54, 1.807) is 0 Å². The summed E-state index contributed by atoms with van der Waals surface area (Å²) < 4.78 is 5.85. The highest BCUT2D eigenvalue weighted by atomic mass is 16.5. The van der Waals surface area contributed by atoms with Gasteiger partial charge in [-0.2, -0.15) is 0 Å². The predicted octanol–water partition coefficient (Wildman–Crippen LogP) is 3.42. The Morgan fingerprint density at radius 1 is 1.50 bits per heavy atom. The molecule has 1 saturated heterocycles. The Bertz CT molecular complexity index is 379. The van der Waals surface area contributed by atoms with E-state index in [1.807, 2.05) is 12.3 Å². The first kappa shape index (κ1) is 13.3. The maximum absolute atomic E-state index is 5.85. The molecule has 1 fully saturated rings. The second-order valence-corrected chi connectivity index (χ2v) is 5.26. The van der Waals surface area contributed by atoms with Crippen LogP contribution in [0.2, 0.25) is 0 Å². The number of nitrogens with zero attached hydrogens (tertiary/aromatic N) is 2. The lowest BCUT2D eigenvalue weighted by atomic mass is 10.1. The second-order valence-electron chi connectivity index (χ2n) is 5.26. The topological polar surface area (TPSA) is 25.4 Å². The van der Waals surface area contributed by atoms with E-state index >= 15 is 0 Å². The minimum atomic E-state index is 0.180. The van der Waals surface area contributed by atoms with Crippen LogP contribution in [0.15, 0.2) is 18.3 Å². The average molecular weight is 248 g/mol. The molecule has 0 spiro atoms. The second kappa shape index (κ2) is 6.19. The van der Waals surface area contributed by atoms with Gasteiger partial charge in [0.25, 0.3) is 0 Å². The Balaban J connectivity index is 2.20. The zero-order valence-corrected chi connectivity index (χ0v) is 11.7. The Kier molecular flexibility index (Phi) is 4.59. The summed E-state index contributed by atoms with van der Waals surface area (Å²) >= 11 is 0. The molecule has 1 atom stereocenters. The van der Waals surface area contributed by atoms with Gasteiger partial charge in [0.15, 0.2) is 0 Å². The van der Waals surface area contributed by atoms with Crippen molar-refractivity contribution in [1.82, 2.24) is 9.88 Å². The molecule has 0 radical (unpaired) electrons. The smallest absolute Gasteiger partial charge is 0.218 e. The Hall–Kier alpha value is -1.09. The molecular weight excluding hydrogens is 224 g/mol. The third kappa shape index (κ3) is 3.02. The largest absolute Gasteiger partial charge is 0.475 e. The molecule has 0 aromatic carbocycles. The molecule has 18 heavy (non-hydrogen) atoms. The number of ether oxygens (including phenoxy) is 1. The normalized spacial score (nSPS) is 20.6. The van der Waals surface area contributed by atoms with Gasteiger partial charge in [0.1, 0.15) is 0 Å². The van der Waals surface area contributed by atoms with Gasteiger partial charge < -0.3 is 4.74 Å². The molecule has 2 heterocycles. The maximum atomic E-state index is 5.85. The highest BCUT2D eigenvalue weighted by Crippen LogP contribution is 2.36. The lowest BCUT2D eigenvalue weighted by Crippen LogP contribution is -2.25. The molecule has 0 bridgehead atoms. The van der Waals surface area contributed by atoms with Gasteiger partial charge in [0.05, 0.1) is 6.10 Å². The minimum Gasteiger partial charge on any atom is -0.475 e. The fourth-order valence-electron chi connectivity index (χ4n) is 2.71. The van der Waals surface area contributed by atoms with E-state index in [2.05, 4.69) is 36.7 Å². The number of likely N-dealkylation sites (tertiary alicyclic amines) is 1. The van der Waals surface area contributed by atoms with Crippen molar-refractivity contribution in [2.75, 3.05) is 13.1 Å². The highest BCUT2D eigenvalue weighted by molar-refractivity contribution is 5.30. The standard InChI is InChI=1S/C15H24N2O/c1-4-10-17-11-6-8-14(17)13-7-5-9-16-15(13)18-12(2)3/h5,7,9,12,14H,4,6,8,10-11H2,1-3H3. The van der Waals surface area contributed by atoms with Crippen LogP contribution in [0, 0.1) is 0 Å². The third-order valence-corrected chi connectivity index (χ3v) is 3.38. The number of pyridine rings is 1. The monoisotopic (exact) mass is 248 g/mol. The van der Waals surface area contributed by atoms with Gasteiger partial charge in [0.2, 0.25) is 5.88 Å². The lowest BCUT2D eigenvalue weighted by molar-refractivity contribution is 0.212. The van der Waals surface area contributed by atoms with Crippen molar-refractivity contribution in [2.24, 2.45) is 0 Å². The summed E-state index contributed by atoms with van der Waals surface area (Å²) in [5, 5.41) is 0. The van der Waals surface area contributed by atoms with Gasteiger partial charge in [-0.15, -0.1) is 0 Å². The average Bonchev–Trinajstić information content (AvgIpc) is 2.78. The van der Waals surface area contributed by atoms with E-state index < -0.39 is 0 Å². The fourth-order valence-corrected chi connectivity index (χ4v) is 2.71. The molecule has 0 N–H and O–H groups in total.